The van der Waals surface area contributed by atoms with E-state index < -0.39 is 0 Å². The van der Waals surface area contributed by atoms with E-state index in [-0.39, 0.29) is 0 Å². The number of benzene rings is 1. The first-order chi connectivity index (χ1) is 14.1. The fraction of sp³-hybridized carbons (Fsp3) is 0.545. The molecule has 1 aliphatic heterocycles. The topological polar surface area (TPSA) is 52.6 Å². The summed E-state index contributed by atoms with van der Waals surface area (Å²) in [7, 11) is 4.04. The summed E-state index contributed by atoms with van der Waals surface area (Å²) in [4.78, 5) is 11.5. The normalized spacial score (nSPS) is 20.6. The van der Waals surface area contributed by atoms with E-state index in [1.807, 2.05) is 19.2 Å². The van der Waals surface area contributed by atoms with Gasteiger partial charge in [0, 0.05) is 43.0 Å². The van der Waals surface area contributed by atoms with Gasteiger partial charge in [0.15, 0.2) is 5.96 Å². The minimum absolute atomic E-state index is 0.371. The quantitative estimate of drug-likeness (QED) is 0.508. The van der Waals surface area contributed by atoms with Crippen molar-refractivity contribution in [1.82, 2.24) is 20.5 Å². The standard InChI is InChI=1S/C22H32ClN5S/c1-4-20-27-19(15-29-20)10-11-25-22(24-2)26-14-17-8-6-12-28(3)21(17)16-7-5-9-18(23)13-16/h5,7,9,13,15,17,21H,4,6,8,10-12,14H2,1-3H3,(H2,24,25,26). The molecule has 0 bridgehead atoms. The second kappa shape index (κ2) is 11.0. The molecule has 1 aromatic heterocycles. The lowest BCUT2D eigenvalue weighted by atomic mass is 9.85. The second-order valence-corrected chi connectivity index (χ2v) is 8.98. The zero-order valence-electron chi connectivity index (χ0n) is 17.6. The van der Waals surface area contributed by atoms with Gasteiger partial charge in [-0.3, -0.25) is 9.89 Å². The van der Waals surface area contributed by atoms with Gasteiger partial charge in [-0.2, -0.15) is 0 Å². The van der Waals surface area contributed by atoms with Crippen LogP contribution in [0.1, 0.15) is 42.1 Å². The molecule has 0 aliphatic carbocycles. The predicted octanol–water partition coefficient (Wildman–Crippen LogP) is 4.15. The second-order valence-electron chi connectivity index (χ2n) is 7.60. The fourth-order valence-corrected chi connectivity index (χ4v) is 5.05. The first kappa shape index (κ1) is 22.1. The Morgan fingerprint density at radius 3 is 2.97 bits per heavy atom. The smallest absolute Gasteiger partial charge is 0.190 e. The Labute approximate surface area is 183 Å². The van der Waals surface area contributed by atoms with Crippen molar-refractivity contribution in [2.24, 2.45) is 10.9 Å². The Kier molecular flexibility index (Phi) is 8.33. The molecule has 2 unspecified atom stereocenters. The summed E-state index contributed by atoms with van der Waals surface area (Å²) >= 11 is 8.00. The number of hydrogen-bond donors (Lipinski definition) is 2. The summed E-state index contributed by atoms with van der Waals surface area (Å²) in [6, 6.07) is 8.66. The van der Waals surface area contributed by atoms with Crippen LogP contribution in [0.15, 0.2) is 34.6 Å². The van der Waals surface area contributed by atoms with Gasteiger partial charge in [-0.1, -0.05) is 30.7 Å². The Morgan fingerprint density at radius 2 is 2.24 bits per heavy atom. The van der Waals surface area contributed by atoms with Crippen molar-refractivity contribution in [1.29, 1.82) is 0 Å². The SMILES string of the molecule is CCc1nc(CCNC(=NC)NCC2CCCN(C)C2c2cccc(Cl)c2)cs1. The van der Waals surface area contributed by atoms with Gasteiger partial charge in [0.2, 0.25) is 0 Å². The number of nitrogens with one attached hydrogen (secondary N) is 2. The maximum atomic E-state index is 6.26. The third kappa shape index (κ3) is 6.17. The van der Waals surface area contributed by atoms with E-state index in [1.54, 1.807) is 11.3 Å². The van der Waals surface area contributed by atoms with Crippen LogP contribution in [0.2, 0.25) is 5.02 Å². The van der Waals surface area contributed by atoms with Crippen molar-refractivity contribution >= 4 is 28.9 Å². The zero-order valence-corrected chi connectivity index (χ0v) is 19.2. The molecule has 29 heavy (non-hydrogen) atoms. The molecule has 1 fully saturated rings. The number of aromatic nitrogens is 1. The molecule has 1 aromatic carbocycles. The van der Waals surface area contributed by atoms with Crippen LogP contribution in [-0.2, 0) is 12.8 Å². The van der Waals surface area contributed by atoms with E-state index in [1.165, 1.54) is 23.4 Å². The predicted molar refractivity (Wildman–Crippen MR) is 124 cm³/mol. The lowest BCUT2D eigenvalue weighted by molar-refractivity contribution is 0.122. The monoisotopic (exact) mass is 433 g/mol. The molecule has 158 valence electrons. The summed E-state index contributed by atoms with van der Waals surface area (Å²) < 4.78 is 0. The van der Waals surface area contributed by atoms with E-state index >= 15 is 0 Å². The molecule has 7 heteroatoms. The molecule has 2 atom stereocenters. The minimum Gasteiger partial charge on any atom is -0.356 e. The molecule has 1 saturated heterocycles. The number of piperidine rings is 1. The van der Waals surface area contributed by atoms with Gasteiger partial charge in [0.25, 0.3) is 0 Å². The first-order valence-corrected chi connectivity index (χ1v) is 11.7. The molecule has 1 aliphatic rings. The molecule has 2 N–H and O–H groups in total. The number of rotatable bonds is 7. The number of likely N-dealkylation sites (tertiary alicyclic amines) is 1. The number of aryl methyl sites for hydroxylation is 1. The number of hydrogen-bond acceptors (Lipinski definition) is 4. The molecule has 5 nitrogen and oxygen atoms in total. The maximum absolute atomic E-state index is 6.26. The van der Waals surface area contributed by atoms with Crippen LogP contribution in [0.5, 0.6) is 0 Å². The Hall–Kier alpha value is -1.63. The van der Waals surface area contributed by atoms with Crippen LogP contribution in [0.4, 0.5) is 0 Å². The highest BCUT2D eigenvalue weighted by Gasteiger charge is 2.30. The van der Waals surface area contributed by atoms with E-state index in [4.69, 9.17) is 11.6 Å². The minimum atomic E-state index is 0.371. The number of nitrogens with zero attached hydrogens (tertiary/aromatic N) is 3. The van der Waals surface area contributed by atoms with E-state index in [0.717, 1.165) is 49.2 Å². The van der Waals surface area contributed by atoms with Crippen molar-refractivity contribution in [3.05, 3.63) is 50.9 Å². The average molecular weight is 434 g/mol. The van der Waals surface area contributed by atoms with Gasteiger partial charge in [-0.25, -0.2) is 4.98 Å². The molecule has 2 aromatic rings. The number of guanidine groups is 1. The number of aliphatic imine (C=N–C) groups is 1. The third-order valence-corrected chi connectivity index (χ3v) is 6.81. The Morgan fingerprint density at radius 1 is 1.38 bits per heavy atom. The molecule has 0 amide bonds. The maximum Gasteiger partial charge on any atom is 0.190 e. The summed E-state index contributed by atoms with van der Waals surface area (Å²) in [6.07, 6.45) is 4.33. The zero-order chi connectivity index (χ0) is 20.6. The van der Waals surface area contributed by atoms with Crippen molar-refractivity contribution in [3.8, 4) is 0 Å². The third-order valence-electron chi connectivity index (χ3n) is 5.53. The van der Waals surface area contributed by atoms with Gasteiger partial charge in [-0.05, 0) is 56.5 Å². The van der Waals surface area contributed by atoms with E-state index in [2.05, 4.69) is 57.0 Å². The van der Waals surface area contributed by atoms with Crippen molar-refractivity contribution in [2.75, 3.05) is 33.7 Å². The molecule has 0 radical (unpaired) electrons. The molecule has 3 rings (SSSR count). The summed E-state index contributed by atoms with van der Waals surface area (Å²) in [5.74, 6) is 1.37. The van der Waals surface area contributed by atoms with Crippen molar-refractivity contribution < 1.29 is 0 Å². The van der Waals surface area contributed by atoms with E-state index in [9.17, 15) is 0 Å². The lowest BCUT2D eigenvalue weighted by Gasteiger charge is -2.40. The van der Waals surface area contributed by atoms with Crippen molar-refractivity contribution in [3.63, 3.8) is 0 Å². The van der Waals surface area contributed by atoms with Crippen LogP contribution in [-0.4, -0.2) is 49.6 Å². The largest absolute Gasteiger partial charge is 0.356 e. The van der Waals surface area contributed by atoms with Gasteiger partial charge < -0.3 is 10.6 Å². The molecule has 0 saturated carbocycles. The summed E-state index contributed by atoms with van der Waals surface area (Å²) in [6.45, 7) is 4.98. The van der Waals surface area contributed by atoms with Gasteiger partial charge in [-0.15, -0.1) is 11.3 Å². The van der Waals surface area contributed by atoms with Crippen LogP contribution in [0, 0.1) is 5.92 Å². The highest BCUT2D eigenvalue weighted by Crippen LogP contribution is 2.35. The van der Waals surface area contributed by atoms with E-state index in [0.29, 0.717) is 12.0 Å². The number of halogens is 1. The fourth-order valence-electron chi connectivity index (χ4n) is 4.07. The molecular weight excluding hydrogens is 402 g/mol. The Bertz CT molecular complexity index is 806. The molecule has 0 spiro atoms. The van der Waals surface area contributed by atoms with Crippen LogP contribution in [0.3, 0.4) is 0 Å². The Balaban J connectivity index is 1.54. The highest BCUT2D eigenvalue weighted by molar-refractivity contribution is 7.09. The lowest BCUT2D eigenvalue weighted by Crippen LogP contribution is -2.45. The average Bonchev–Trinajstić information content (AvgIpc) is 3.18. The summed E-state index contributed by atoms with van der Waals surface area (Å²) in [5.41, 5.74) is 2.45. The number of thiazole rings is 1. The van der Waals surface area contributed by atoms with Crippen LogP contribution < -0.4 is 10.6 Å². The van der Waals surface area contributed by atoms with Crippen LogP contribution >= 0.6 is 22.9 Å². The molecular formula is C22H32ClN5S. The van der Waals surface area contributed by atoms with Crippen LogP contribution in [0.25, 0.3) is 0 Å². The summed E-state index contributed by atoms with van der Waals surface area (Å²) in [5, 5.41) is 11.1. The highest BCUT2D eigenvalue weighted by atomic mass is 35.5. The van der Waals surface area contributed by atoms with Gasteiger partial charge in [0.1, 0.15) is 0 Å². The first-order valence-electron chi connectivity index (χ1n) is 10.4. The van der Waals surface area contributed by atoms with Gasteiger partial charge in [0.05, 0.1) is 10.7 Å². The van der Waals surface area contributed by atoms with Crippen molar-refractivity contribution in [2.45, 2.75) is 38.6 Å². The van der Waals surface area contributed by atoms with Gasteiger partial charge >= 0.3 is 0 Å². The molecule has 2 heterocycles.